The molecule has 4 rings (SSSR count). The minimum atomic E-state index is -2.02. The fourth-order valence-electron chi connectivity index (χ4n) is 5.14. The molecule has 0 aliphatic carbocycles. The first-order valence-electron chi connectivity index (χ1n) is 10.7. The maximum absolute atomic E-state index is 10.5. The van der Waals surface area contributed by atoms with Gasteiger partial charge in [0.2, 0.25) is 17.1 Å². The van der Waals surface area contributed by atoms with E-state index < -0.39 is 34.5 Å². The predicted molar refractivity (Wildman–Crippen MR) is 119 cm³/mol. The molecule has 166 valence electrons. The van der Waals surface area contributed by atoms with Crippen LogP contribution in [0.15, 0.2) is 48.5 Å². The van der Waals surface area contributed by atoms with Crippen LogP contribution in [0.1, 0.15) is 55.4 Å². The first-order valence-corrected chi connectivity index (χ1v) is 10.7. The second kappa shape index (κ2) is 7.62. The van der Waals surface area contributed by atoms with Gasteiger partial charge in [-0.3, -0.25) is 5.41 Å². The standard InChI is InChI=1S/C26H24N4O3/c1-16(2)17-5-7-19(8-6-17)22-25(13-27,14-28)26(15-29)21(24(3,32-22)33-23(26)30)18-9-11-20(31-4)12-10-18/h5-12,16,21-22,30H,1-4H3. The number of nitrogens with zero attached hydrogens (tertiary/aromatic N) is 3. The Kier molecular flexibility index (Phi) is 5.16. The lowest BCUT2D eigenvalue weighted by Crippen LogP contribution is -2.57. The van der Waals surface area contributed by atoms with Crippen LogP contribution in [-0.4, -0.2) is 18.8 Å². The summed E-state index contributed by atoms with van der Waals surface area (Å²) in [6.07, 6.45) is -1.09. The van der Waals surface area contributed by atoms with Crippen molar-refractivity contribution in [2.45, 2.75) is 44.5 Å². The van der Waals surface area contributed by atoms with E-state index in [4.69, 9.17) is 19.6 Å². The molecule has 4 unspecified atom stereocenters. The summed E-state index contributed by atoms with van der Waals surface area (Å²) in [5.74, 6) is -1.82. The summed E-state index contributed by atoms with van der Waals surface area (Å²) in [6.45, 7) is 5.80. The topological polar surface area (TPSA) is 123 Å². The third-order valence-electron chi connectivity index (χ3n) is 6.87. The fraction of sp³-hybridized carbons (Fsp3) is 0.385. The molecule has 2 fully saturated rings. The highest BCUT2D eigenvalue weighted by molar-refractivity contribution is 5.90. The molecule has 0 saturated carbocycles. The van der Waals surface area contributed by atoms with Crippen LogP contribution in [-0.2, 0) is 9.47 Å². The molecule has 7 nitrogen and oxygen atoms in total. The summed E-state index contributed by atoms with van der Waals surface area (Å²) >= 11 is 0. The zero-order valence-electron chi connectivity index (χ0n) is 18.9. The van der Waals surface area contributed by atoms with Gasteiger partial charge in [-0.2, -0.15) is 15.8 Å². The fourth-order valence-corrected chi connectivity index (χ4v) is 5.14. The van der Waals surface area contributed by atoms with Gasteiger partial charge in [-0.05, 0) is 34.7 Å². The van der Waals surface area contributed by atoms with Gasteiger partial charge in [0.15, 0.2) is 5.41 Å². The van der Waals surface area contributed by atoms with Crippen molar-refractivity contribution in [3.63, 3.8) is 0 Å². The zero-order valence-corrected chi connectivity index (χ0v) is 18.9. The minimum absolute atomic E-state index is 0.304. The average Bonchev–Trinajstić information content (AvgIpc) is 3.01. The predicted octanol–water partition coefficient (Wildman–Crippen LogP) is 4.94. The Morgan fingerprint density at radius 1 is 0.939 bits per heavy atom. The molecule has 2 bridgehead atoms. The normalized spacial score (nSPS) is 29.5. The summed E-state index contributed by atoms with van der Waals surface area (Å²) in [7, 11) is 1.55. The maximum Gasteiger partial charge on any atom is 0.218 e. The molecule has 4 atom stereocenters. The highest BCUT2D eigenvalue weighted by Crippen LogP contribution is 2.69. The zero-order chi connectivity index (χ0) is 24.0. The van der Waals surface area contributed by atoms with E-state index in [0.29, 0.717) is 22.8 Å². The van der Waals surface area contributed by atoms with Crippen LogP contribution in [0.4, 0.5) is 0 Å². The molecule has 33 heavy (non-hydrogen) atoms. The van der Waals surface area contributed by atoms with Gasteiger partial charge in [0.1, 0.15) is 11.9 Å². The Hall–Kier alpha value is -3.86. The molecule has 7 heteroatoms. The van der Waals surface area contributed by atoms with Crippen molar-refractivity contribution in [2.24, 2.45) is 10.8 Å². The van der Waals surface area contributed by atoms with Gasteiger partial charge in [-0.1, -0.05) is 50.2 Å². The van der Waals surface area contributed by atoms with Gasteiger partial charge in [-0.25, -0.2) is 0 Å². The molecule has 2 aliphatic heterocycles. The number of nitriles is 3. The largest absolute Gasteiger partial charge is 0.497 e. The quantitative estimate of drug-likeness (QED) is 0.718. The number of rotatable bonds is 4. The van der Waals surface area contributed by atoms with Gasteiger partial charge in [0, 0.05) is 6.92 Å². The average molecular weight is 441 g/mol. The lowest BCUT2D eigenvalue weighted by Gasteiger charge is -2.49. The summed E-state index contributed by atoms with van der Waals surface area (Å²) in [5.41, 5.74) is -1.60. The SMILES string of the molecule is COc1ccc(C2C3(C)OC(=N)C2(C#N)C(C#N)(C#N)C(c2ccc(C(C)C)cc2)O3)cc1. The second-order valence-corrected chi connectivity index (χ2v) is 8.92. The second-order valence-electron chi connectivity index (χ2n) is 8.92. The molecular formula is C26H24N4O3. The van der Waals surface area contributed by atoms with E-state index in [1.54, 1.807) is 38.3 Å². The number of nitrogens with one attached hydrogen (secondary N) is 1. The van der Waals surface area contributed by atoms with Gasteiger partial charge in [0.25, 0.3) is 0 Å². The van der Waals surface area contributed by atoms with E-state index in [1.165, 1.54) is 0 Å². The van der Waals surface area contributed by atoms with Crippen molar-refractivity contribution in [3.05, 3.63) is 65.2 Å². The Morgan fingerprint density at radius 2 is 1.52 bits per heavy atom. The van der Waals surface area contributed by atoms with Crippen molar-refractivity contribution in [1.82, 2.24) is 0 Å². The molecular weight excluding hydrogens is 416 g/mol. The number of ether oxygens (including phenoxy) is 3. The number of methoxy groups -OCH3 is 1. The van der Waals surface area contributed by atoms with Gasteiger partial charge in [-0.15, -0.1) is 0 Å². The van der Waals surface area contributed by atoms with Crippen LogP contribution < -0.4 is 4.74 Å². The molecule has 2 saturated heterocycles. The molecule has 0 aromatic heterocycles. The van der Waals surface area contributed by atoms with E-state index in [2.05, 4.69) is 32.1 Å². The first kappa shape index (κ1) is 22.3. The van der Waals surface area contributed by atoms with Crippen molar-refractivity contribution < 1.29 is 14.2 Å². The first-order chi connectivity index (χ1) is 15.7. The lowest BCUT2D eigenvalue weighted by atomic mass is 9.52. The van der Waals surface area contributed by atoms with Crippen molar-refractivity contribution in [1.29, 1.82) is 21.2 Å². The summed E-state index contributed by atoms with van der Waals surface area (Å²) < 4.78 is 17.5. The van der Waals surface area contributed by atoms with Crippen molar-refractivity contribution >= 4 is 5.90 Å². The van der Waals surface area contributed by atoms with Crippen molar-refractivity contribution in [2.75, 3.05) is 7.11 Å². The number of fused-ring (bicyclic) bond motifs is 2. The molecule has 2 heterocycles. The lowest BCUT2D eigenvalue weighted by molar-refractivity contribution is -0.253. The number of benzene rings is 2. The van der Waals surface area contributed by atoms with Crippen LogP contribution in [0.25, 0.3) is 0 Å². The number of hydrogen-bond donors (Lipinski definition) is 1. The summed E-state index contributed by atoms with van der Waals surface area (Å²) in [5, 5.41) is 40.0. The Balaban J connectivity index is 1.95. The Labute approximate surface area is 193 Å². The van der Waals surface area contributed by atoms with Crippen LogP contribution in [0.3, 0.4) is 0 Å². The van der Waals surface area contributed by atoms with E-state index in [0.717, 1.165) is 5.56 Å². The minimum Gasteiger partial charge on any atom is -0.497 e. The molecule has 0 spiro atoms. The van der Waals surface area contributed by atoms with Gasteiger partial charge < -0.3 is 14.2 Å². The van der Waals surface area contributed by atoms with Crippen LogP contribution in [0.5, 0.6) is 5.75 Å². The molecule has 0 radical (unpaired) electrons. The van der Waals surface area contributed by atoms with Crippen LogP contribution >= 0.6 is 0 Å². The van der Waals surface area contributed by atoms with Gasteiger partial charge in [0.05, 0.1) is 31.2 Å². The van der Waals surface area contributed by atoms with Crippen molar-refractivity contribution in [3.8, 4) is 24.0 Å². The highest BCUT2D eigenvalue weighted by Gasteiger charge is 2.79. The highest BCUT2D eigenvalue weighted by atomic mass is 16.7. The van der Waals surface area contributed by atoms with E-state index in [9.17, 15) is 15.8 Å². The molecule has 1 N–H and O–H groups in total. The van der Waals surface area contributed by atoms with Crippen LogP contribution in [0.2, 0.25) is 0 Å². The smallest absolute Gasteiger partial charge is 0.218 e. The van der Waals surface area contributed by atoms with E-state index in [1.807, 2.05) is 24.3 Å². The molecule has 2 aromatic carbocycles. The van der Waals surface area contributed by atoms with E-state index in [-0.39, 0.29) is 0 Å². The Morgan fingerprint density at radius 3 is 2.00 bits per heavy atom. The summed E-state index contributed by atoms with van der Waals surface area (Å²) in [4.78, 5) is 0. The third kappa shape index (κ3) is 2.85. The Bertz CT molecular complexity index is 1200. The molecule has 0 amide bonds. The monoisotopic (exact) mass is 440 g/mol. The maximum atomic E-state index is 10.5. The molecule has 2 aliphatic rings. The van der Waals surface area contributed by atoms with E-state index >= 15 is 0 Å². The number of hydrogen-bond acceptors (Lipinski definition) is 7. The van der Waals surface area contributed by atoms with Gasteiger partial charge >= 0.3 is 0 Å². The third-order valence-corrected chi connectivity index (χ3v) is 6.87. The van der Waals surface area contributed by atoms with Crippen LogP contribution in [0, 0.1) is 50.2 Å². The summed E-state index contributed by atoms with van der Waals surface area (Å²) in [6, 6.07) is 20.8. The molecule has 2 aromatic rings.